The van der Waals surface area contributed by atoms with Crippen molar-refractivity contribution in [2.45, 2.75) is 39.7 Å². The molecule has 1 N–H and O–H groups in total. The van der Waals surface area contributed by atoms with Gasteiger partial charge < -0.3 is 19.6 Å². The number of rotatable bonds is 1. The highest BCUT2D eigenvalue weighted by Gasteiger charge is 2.26. The molecule has 0 atom stereocenters. The molecule has 26 heavy (non-hydrogen) atoms. The molecule has 0 radical (unpaired) electrons. The Balaban J connectivity index is 1.85. The van der Waals surface area contributed by atoms with E-state index in [-0.39, 0.29) is 11.8 Å². The number of hydrogen-bond acceptors (Lipinski definition) is 5. The van der Waals surface area contributed by atoms with Gasteiger partial charge in [0.25, 0.3) is 0 Å². The number of nitrogens with zero attached hydrogens (tertiary/aromatic N) is 3. The Kier molecular flexibility index (Phi) is 4.94. The summed E-state index contributed by atoms with van der Waals surface area (Å²) >= 11 is 0. The molecule has 0 spiro atoms. The molecule has 1 saturated heterocycles. The summed E-state index contributed by atoms with van der Waals surface area (Å²) in [4.78, 5) is 20.7. The van der Waals surface area contributed by atoms with Crippen LogP contribution in [0.15, 0.2) is 24.4 Å². The van der Waals surface area contributed by atoms with Crippen LogP contribution in [-0.4, -0.2) is 52.9 Å². The van der Waals surface area contributed by atoms with Crippen molar-refractivity contribution >= 4 is 22.7 Å². The summed E-state index contributed by atoms with van der Waals surface area (Å²) in [6.45, 7) is 10.1. The predicted molar refractivity (Wildman–Crippen MR) is 103 cm³/mol. The van der Waals surface area contributed by atoms with Crippen LogP contribution < -0.4 is 4.90 Å². The number of fused-ring (bicyclic) bond motifs is 1. The maximum absolute atomic E-state index is 12.4. The summed E-state index contributed by atoms with van der Waals surface area (Å²) in [6.07, 6.45) is 2.27. The average molecular weight is 357 g/mol. The molecule has 0 aliphatic carbocycles. The van der Waals surface area contributed by atoms with Crippen molar-refractivity contribution in [3.05, 3.63) is 30.0 Å². The van der Waals surface area contributed by atoms with Gasteiger partial charge in [-0.3, -0.25) is 4.98 Å². The summed E-state index contributed by atoms with van der Waals surface area (Å²) in [5.74, 6) is 0.266. The summed E-state index contributed by atoms with van der Waals surface area (Å²) in [5.41, 5.74) is 1.87. The van der Waals surface area contributed by atoms with E-state index in [9.17, 15) is 9.90 Å². The van der Waals surface area contributed by atoms with Crippen molar-refractivity contribution in [2.24, 2.45) is 0 Å². The summed E-state index contributed by atoms with van der Waals surface area (Å²) < 4.78 is 5.49. The maximum Gasteiger partial charge on any atom is 0.410 e. The van der Waals surface area contributed by atoms with Crippen molar-refractivity contribution < 1.29 is 14.6 Å². The third-order valence-corrected chi connectivity index (χ3v) is 4.50. The fraction of sp³-hybridized carbons (Fsp3) is 0.500. The van der Waals surface area contributed by atoms with E-state index in [0.717, 1.165) is 35.1 Å². The first-order valence-corrected chi connectivity index (χ1v) is 9.06. The highest BCUT2D eigenvalue weighted by Crippen LogP contribution is 2.37. The zero-order valence-corrected chi connectivity index (χ0v) is 16.0. The second kappa shape index (κ2) is 7.02. The van der Waals surface area contributed by atoms with Gasteiger partial charge in [-0.1, -0.05) is 6.07 Å². The first kappa shape index (κ1) is 18.3. The quantitative estimate of drug-likeness (QED) is 0.843. The van der Waals surface area contributed by atoms with Gasteiger partial charge in [0.1, 0.15) is 17.0 Å². The first-order valence-electron chi connectivity index (χ1n) is 9.06. The lowest BCUT2D eigenvalue weighted by atomic mass is 10.1. The monoisotopic (exact) mass is 357 g/mol. The van der Waals surface area contributed by atoms with Crippen molar-refractivity contribution in [2.75, 3.05) is 31.1 Å². The van der Waals surface area contributed by atoms with Gasteiger partial charge in [-0.25, -0.2) is 4.79 Å². The van der Waals surface area contributed by atoms with Crippen molar-refractivity contribution in [3.63, 3.8) is 0 Å². The number of benzene rings is 1. The zero-order valence-electron chi connectivity index (χ0n) is 16.0. The largest absolute Gasteiger partial charge is 0.505 e. The Bertz CT molecular complexity index is 814. The third kappa shape index (κ3) is 3.84. The molecular weight excluding hydrogens is 330 g/mol. The van der Waals surface area contributed by atoms with E-state index in [1.807, 2.05) is 45.9 Å². The molecule has 6 heteroatoms. The van der Waals surface area contributed by atoms with Crippen LogP contribution in [0.25, 0.3) is 10.9 Å². The highest BCUT2D eigenvalue weighted by atomic mass is 16.6. The maximum atomic E-state index is 12.4. The van der Waals surface area contributed by atoms with E-state index in [1.54, 1.807) is 11.1 Å². The summed E-state index contributed by atoms with van der Waals surface area (Å²) in [5, 5.41) is 11.7. The van der Waals surface area contributed by atoms with Crippen molar-refractivity contribution in [1.29, 1.82) is 0 Å². The number of phenols is 1. The molecule has 0 unspecified atom stereocenters. The molecule has 140 valence electrons. The number of phenolic OH excluding ortho intramolecular Hbond substituents is 1. The number of carbonyl (C=O) groups excluding carboxylic acids is 1. The van der Waals surface area contributed by atoms with Crippen LogP contribution >= 0.6 is 0 Å². The number of carbonyl (C=O) groups is 1. The SMILES string of the molecule is Cc1cc2cccnc2c(N2CCCN(C(=O)OC(C)(C)C)CC2)c1O. The number of anilines is 1. The zero-order chi connectivity index (χ0) is 18.9. The minimum absolute atomic E-state index is 0.266. The number of aryl methyl sites for hydroxylation is 1. The average Bonchev–Trinajstić information content (AvgIpc) is 2.80. The fourth-order valence-corrected chi connectivity index (χ4v) is 3.28. The molecule has 1 amide bonds. The number of aromatic hydroxyl groups is 1. The van der Waals surface area contributed by atoms with E-state index < -0.39 is 5.60 Å². The normalized spacial score (nSPS) is 15.8. The summed E-state index contributed by atoms with van der Waals surface area (Å²) in [6, 6.07) is 5.85. The lowest BCUT2D eigenvalue weighted by Gasteiger charge is -2.27. The molecule has 1 aromatic heterocycles. The molecule has 0 saturated carbocycles. The number of ether oxygens (including phenoxy) is 1. The van der Waals surface area contributed by atoms with E-state index in [2.05, 4.69) is 9.88 Å². The van der Waals surface area contributed by atoms with Crippen LogP contribution in [0, 0.1) is 6.92 Å². The van der Waals surface area contributed by atoms with E-state index >= 15 is 0 Å². The minimum atomic E-state index is -0.502. The van der Waals surface area contributed by atoms with E-state index in [0.29, 0.717) is 19.6 Å². The van der Waals surface area contributed by atoms with Gasteiger partial charge in [0.2, 0.25) is 0 Å². The lowest BCUT2D eigenvalue weighted by molar-refractivity contribution is 0.0263. The number of aromatic nitrogens is 1. The number of pyridine rings is 1. The van der Waals surface area contributed by atoms with Gasteiger partial charge in [0.05, 0.1) is 5.52 Å². The molecule has 1 aliphatic rings. The van der Waals surface area contributed by atoms with Crippen LogP contribution in [0.1, 0.15) is 32.8 Å². The van der Waals surface area contributed by atoms with Crippen LogP contribution in [0.5, 0.6) is 5.75 Å². The number of hydrogen-bond donors (Lipinski definition) is 1. The van der Waals surface area contributed by atoms with Crippen molar-refractivity contribution in [3.8, 4) is 5.75 Å². The topological polar surface area (TPSA) is 65.9 Å². The smallest absolute Gasteiger partial charge is 0.410 e. The Labute approximate surface area is 154 Å². The van der Waals surface area contributed by atoms with Crippen LogP contribution in [0.2, 0.25) is 0 Å². The molecule has 6 nitrogen and oxygen atoms in total. The molecule has 2 heterocycles. The van der Waals surface area contributed by atoms with Crippen molar-refractivity contribution in [1.82, 2.24) is 9.88 Å². The Morgan fingerprint density at radius 1 is 1.23 bits per heavy atom. The first-order chi connectivity index (χ1) is 12.3. The molecule has 2 aromatic rings. The third-order valence-electron chi connectivity index (χ3n) is 4.50. The van der Waals surface area contributed by atoms with Gasteiger partial charge >= 0.3 is 6.09 Å². The fourth-order valence-electron chi connectivity index (χ4n) is 3.28. The highest BCUT2D eigenvalue weighted by molar-refractivity contribution is 5.95. The molecule has 1 fully saturated rings. The Morgan fingerprint density at radius 3 is 2.73 bits per heavy atom. The van der Waals surface area contributed by atoms with Gasteiger partial charge in [0, 0.05) is 37.8 Å². The second-order valence-corrected chi connectivity index (χ2v) is 7.77. The van der Waals surface area contributed by atoms with Crippen LogP contribution in [0.4, 0.5) is 10.5 Å². The van der Waals surface area contributed by atoms with E-state index in [4.69, 9.17) is 4.74 Å². The Hall–Kier alpha value is -2.50. The predicted octanol–water partition coefficient (Wildman–Crippen LogP) is 3.70. The van der Waals surface area contributed by atoms with Gasteiger partial charge in [-0.05, 0) is 51.8 Å². The van der Waals surface area contributed by atoms with E-state index in [1.165, 1.54) is 0 Å². The van der Waals surface area contributed by atoms with Gasteiger partial charge in [-0.15, -0.1) is 0 Å². The number of amides is 1. The molecular formula is C20H27N3O3. The molecule has 1 aliphatic heterocycles. The molecule has 1 aromatic carbocycles. The van der Waals surface area contributed by atoms with Crippen LogP contribution in [0.3, 0.4) is 0 Å². The minimum Gasteiger partial charge on any atom is -0.505 e. The van der Waals surface area contributed by atoms with Gasteiger partial charge in [-0.2, -0.15) is 0 Å². The molecule has 3 rings (SSSR count). The summed E-state index contributed by atoms with van der Waals surface area (Å²) in [7, 11) is 0. The lowest BCUT2D eigenvalue weighted by Crippen LogP contribution is -2.39. The van der Waals surface area contributed by atoms with Crippen LogP contribution in [-0.2, 0) is 4.74 Å². The Morgan fingerprint density at radius 2 is 2.00 bits per heavy atom. The standard InChI is InChI=1S/C20H27N3O3/c1-14-13-15-7-5-8-21-16(15)17(18(14)24)22-9-6-10-23(12-11-22)19(25)26-20(2,3)4/h5,7-8,13,24H,6,9-12H2,1-4H3. The molecule has 0 bridgehead atoms. The second-order valence-electron chi connectivity index (χ2n) is 7.77. The van der Waals surface area contributed by atoms with Gasteiger partial charge in [0.15, 0.2) is 0 Å².